The van der Waals surface area contributed by atoms with Gasteiger partial charge in [0, 0.05) is 0 Å². The summed E-state index contributed by atoms with van der Waals surface area (Å²) < 4.78 is 19.0. The van der Waals surface area contributed by atoms with Gasteiger partial charge in [-0.1, -0.05) is 12.1 Å². The molecule has 2 aromatic rings. The summed E-state index contributed by atoms with van der Waals surface area (Å²) in [7, 11) is 0. The Hall–Kier alpha value is -2.06. The number of rotatable bonds is 6. The van der Waals surface area contributed by atoms with Gasteiger partial charge in [-0.05, 0) is 40.2 Å². The van der Waals surface area contributed by atoms with Crippen LogP contribution in [0.15, 0.2) is 40.2 Å². The van der Waals surface area contributed by atoms with Crippen molar-refractivity contribution in [2.75, 3.05) is 13.2 Å². The molecule has 2 rings (SSSR count). The van der Waals surface area contributed by atoms with Gasteiger partial charge in [0.05, 0.1) is 14.2 Å². The number of hydrogen-bond acceptors (Lipinski definition) is 5. The van der Waals surface area contributed by atoms with E-state index in [1.54, 1.807) is 12.1 Å². The highest BCUT2D eigenvalue weighted by atomic mass is 79.9. The van der Waals surface area contributed by atoms with Crippen molar-refractivity contribution >= 4 is 44.9 Å². The maximum absolute atomic E-state index is 13.4. The van der Waals surface area contributed by atoms with Crippen molar-refractivity contribution < 1.29 is 23.5 Å². The van der Waals surface area contributed by atoms with E-state index >= 15 is 0 Å². The molecule has 23 heavy (non-hydrogen) atoms. The average molecular weight is 400 g/mol. The van der Waals surface area contributed by atoms with Gasteiger partial charge >= 0.3 is 5.97 Å². The van der Waals surface area contributed by atoms with Crippen LogP contribution in [0.4, 0.5) is 4.39 Å². The zero-order valence-corrected chi connectivity index (χ0v) is 14.1. The summed E-state index contributed by atoms with van der Waals surface area (Å²) in [4.78, 5) is 35.4. The third-order valence-electron chi connectivity index (χ3n) is 2.72. The van der Waals surface area contributed by atoms with Crippen molar-refractivity contribution in [2.45, 2.75) is 0 Å². The lowest BCUT2D eigenvalue weighted by molar-refractivity contribution is -0.141. The molecule has 0 aliphatic carbocycles. The van der Waals surface area contributed by atoms with Gasteiger partial charge in [-0.15, -0.1) is 11.3 Å². The smallest absolute Gasteiger partial charge is 0.325 e. The number of nitrogens with one attached hydrogen (secondary N) is 1. The first-order chi connectivity index (χ1) is 11.0. The van der Waals surface area contributed by atoms with E-state index in [4.69, 9.17) is 4.74 Å². The number of benzene rings is 1. The Morgan fingerprint density at radius 2 is 1.91 bits per heavy atom. The summed E-state index contributed by atoms with van der Waals surface area (Å²) in [6.07, 6.45) is 0. The predicted octanol–water partition coefficient (Wildman–Crippen LogP) is 2.81. The fourth-order valence-corrected chi connectivity index (χ4v) is 2.94. The predicted molar refractivity (Wildman–Crippen MR) is 86.0 cm³/mol. The molecular weight excluding hydrogens is 389 g/mol. The van der Waals surface area contributed by atoms with E-state index in [0.29, 0.717) is 4.88 Å². The van der Waals surface area contributed by atoms with Crippen molar-refractivity contribution in [3.05, 3.63) is 56.4 Å². The average Bonchev–Trinajstić information content (AvgIpc) is 2.97. The van der Waals surface area contributed by atoms with Crippen LogP contribution in [0.25, 0.3) is 0 Å². The van der Waals surface area contributed by atoms with E-state index < -0.39 is 30.8 Å². The van der Waals surface area contributed by atoms with Gasteiger partial charge in [0.25, 0.3) is 5.91 Å². The third-order valence-corrected chi connectivity index (χ3v) is 4.39. The highest BCUT2D eigenvalue weighted by Crippen LogP contribution is 2.22. The largest absolute Gasteiger partial charge is 0.456 e. The molecule has 0 fully saturated rings. The number of Topliss-reactive ketones (excluding diaryl/α,β-unsaturated/α-hetero) is 1. The number of esters is 1. The fourth-order valence-electron chi connectivity index (χ4n) is 1.63. The molecule has 120 valence electrons. The number of thiophene rings is 1. The summed E-state index contributed by atoms with van der Waals surface area (Å²) >= 11 is 4.46. The van der Waals surface area contributed by atoms with Gasteiger partial charge in [0.2, 0.25) is 5.78 Å². The minimum atomic E-state index is -0.779. The molecule has 8 heteroatoms. The lowest BCUT2D eigenvalue weighted by atomic mass is 10.2. The van der Waals surface area contributed by atoms with Crippen molar-refractivity contribution in [2.24, 2.45) is 0 Å². The van der Waals surface area contributed by atoms with Crippen LogP contribution in [0.5, 0.6) is 0 Å². The SMILES string of the molecule is O=C(CNC(=O)c1ccccc1F)OCC(=O)c1ccc(Br)s1. The number of amides is 1. The monoisotopic (exact) mass is 399 g/mol. The highest BCUT2D eigenvalue weighted by Gasteiger charge is 2.14. The second-order valence-corrected chi connectivity index (χ2v) is 6.81. The van der Waals surface area contributed by atoms with Crippen LogP contribution >= 0.6 is 27.3 Å². The summed E-state index contributed by atoms with van der Waals surface area (Å²) in [5.74, 6) is -2.53. The molecule has 1 amide bonds. The van der Waals surface area contributed by atoms with Crippen LogP contribution in [0.3, 0.4) is 0 Å². The van der Waals surface area contributed by atoms with Crippen LogP contribution in [0.2, 0.25) is 0 Å². The molecular formula is C15H11BrFNO4S. The molecule has 0 saturated carbocycles. The summed E-state index contributed by atoms with van der Waals surface area (Å²) in [6.45, 7) is -0.865. The number of ether oxygens (including phenoxy) is 1. The molecule has 0 atom stereocenters. The van der Waals surface area contributed by atoms with Crippen molar-refractivity contribution in [3.63, 3.8) is 0 Å². The molecule has 0 unspecified atom stereocenters. The fraction of sp³-hybridized carbons (Fsp3) is 0.133. The van der Waals surface area contributed by atoms with Crippen molar-refractivity contribution in [1.82, 2.24) is 5.32 Å². The highest BCUT2D eigenvalue weighted by molar-refractivity contribution is 9.11. The quantitative estimate of drug-likeness (QED) is 0.598. The minimum absolute atomic E-state index is 0.167. The first-order valence-corrected chi connectivity index (χ1v) is 8.05. The van der Waals surface area contributed by atoms with Crippen LogP contribution in [-0.2, 0) is 9.53 Å². The van der Waals surface area contributed by atoms with E-state index in [1.807, 2.05) is 0 Å². The normalized spacial score (nSPS) is 10.2. The van der Waals surface area contributed by atoms with Gasteiger partial charge < -0.3 is 10.1 Å². The summed E-state index contributed by atoms with van der Waals surface area (Å²) in [5.41, 5.74) is -0.167. The molecule has 1 N–H and O–H groups in total. The summed E-state index contributed by atoms with van der Waals surface area (Å²) in [5, 5.41) is 2.24. The Balaban J connectivity index is 1.78. The van der Waals surface area contributed by atoms with Gasteiger partial charge in [-0.3, -0.25) is 14.4 Å². The van der Waals surface area contributed by atoms with E-state index in [0.717, 1.165) is 9.85 Å². The number of carbonyl (C=O) groups excluding carboxylic acids is 3. The molecule has 1 aromatic heterocycles. The minimum Gasteiger partial charge on any atom is -0.456 e. The van der Waals surface area contributed by atoms with Gasteiger partial charge in [-0.2, -0.15) is 0 Å². The van der Waals surface area contributed by atoms with E-state index in [1.165, 1.54) is 29.5 Å². The van der Waals surface area contributed by atoms with Gasteiger partial charge in [-0.25, -0.2) is 4.39 Å². The van der Waals surface area contributed by atoms with Crippen molar-refractivity contribution in [1.29, 1.82) is 0 Å². The molecule has 0 aliphatic rings. The van der Waals surface area contributed by atoms with E-state index in [-0.39, 0.29) is 11.3 Å². The molecule has 0 bridgehead atoms. The number of ketones is 1. The van der Waals surface area contributed by atoms with Gasteiger partial charge in [0.15, 0.2) is 6.61 Å². The lowest BCUT2D eigenvalue weighted by Crippen LogP contribution is -2.32. The Labute approximate surface area is 143 Å². The number of halogens is 2. The van der Waals surface area contributed by atoms with Crippen LogP contribution in [-0.4, -0.2) is 30.8 Å². The summed E-state index contributed by atoms with van der Waals surface area (Å²) in [6, 6.07) is 8.74. The maximum atomic E-state index is 13.4. The second-order valence-electron chi connectivity index (χ2n) is 4.35. The number of hydrogen-bond donors (Lipinski definition) is 1. The second kappa shape index (κ2) is 7.98. The molecule has 0 saturated heterocycles. The molecule has 1 heterocycles. The topological polar surface area (TPSA) is 72.5 Å². The Kier molecular flexibility index (Phi) is 6.00. The molecule has 0 spiro atoms. The van der Waals surface area contributed by atoms with E-state index in [9.17, 15) is 18.8 Å². The van der Waals surface area contributed by atoms with E-state index in [2.05, 4.69) is 21.2 Å². The Bertz CT molecular complexity index is 747. The zero-order chi connectivity index (χ0) is 16.8. The molecule has 1 aromatic carbocycles. The van der Waals surface area contributed by atoms with Crippen LogP contribution in [0.1, 0.15) is 20.0 Å². The van der Waals surface area contributed by atoms with Gasteiger partial charge in [0.1, 0.15) is 12.4 Å². The lowest BCUT2D eigenvalue weighted by Gasteiger charge is -2.06. The molecule has 5 nitrogen and oxygen atoms in total. The molecule has 0 radical (unpaired) electrons. The standard InChI is InChI=1S/C15H11BrFNO4S/c16-13-6-5-12(23-13)11(19)8-22-14(20)7-18-15(21)9-3-1-2-4-10(9)17/h1-6H,7-8H2,(H,18,21). The number of carbonyl (C=O) groups is 3. The first-order valence-electron chi connectivity index (χ1n) is 6.44. The van der Waals surface area contributed by atoms with Crippen molar-refractivity contribution in [3.8, 4) is 0 Å². The van der Waals surface area contributed by atoms with Crippen LogP contribution in [0, 0.1) is 5.82 Å². The Morgan fingerprint density at radius 1 is 1.17 bits per heavy atom. The van der Waals surface area contributed by atoms with Crippen LogP contribution < -0.4 is 5.32 Å². The zero-order valence-electron chi connectivity index (χ0n) is 11.7. The maximum Gasteiger partial charge on any atom is 0.325 e. The molecule has 0 aliphatic heterocycles. The first kappa shape index (κ1) is 17.3. The third kappa shape index (κ3) is 4.97. The Morgan fingerprint density at radius 3 is 2.57 bits per heavy atom.